The smallest absolute Gasteiger partial charge is 0.290 e. The van der Waals surface area contributed by atoms with Gasteiger partial charge in [-0.15, -0.1) is 0 Å². The van der Waals surface area contributed by atoms with Gasteiger partial charge in [0.25, 0.3) is 5.92 Å². The molecular weight excluding hydrogens is 270 g/mol. The quantitative estimate of drug-likeness (QED) is 0.655. The van der Waals surface area contributed by atoms with Crippen LogP contribution in [-0.2, 0) is 0 Å². The number of hydrogen-bond acceptors (Lipinski definition) is 5. The van der Waals surface area contributed by atoms with Crippen LogP contribution in [0.1, 0.15) is 11.6 Å². The highest BCUT2D eigenvalue weighted by Crippen LogP contribution is 2.41. The van der Waals surface area contributed by atoms with Crippen LogP contribution < -0.4 is 5.32 Å². The average molecular weight is 288 g/mol. The van der Waals surface area contributed by atoms with Crippen molar-refractivity contribution in [1.29, 1.82) is 0 Å². The number of benzene rings is 1. The summed E-state index contributed by atoms with van der Waals surface area (Å²) in [6.45, 7) is 0.608. The van der Waals surface area contributed by atoms with Crippen molar-refractivity contribution in [2.45, 2.75) is 12.0 Å². The first-order valence-corrected chi connectivity index (χ1v) is 6.41. The number of rotatable bonds is 4. The van der Waals surface area contributed by atoms with Gasteiger partial charge < -0.3 is 20.6 Å². The van der Waals surface area contributed by atoms with Crippen LogP contribution in [0, 0.1) is 0 Å². The summed E-state index contributed by atoms with van der Waals surface area (Å²) in [5, 5.41) is 31.1. The van der Waals surface area contributed by atoms with E-state index in [0.29, 0.717) is 26.2 Å². The van der Waals surface area contributed by atoms with Crippen molar-refractivity contribution in [2.24, 2.45) is 0 Å². The Balaban J connectivity index is 2.39. The maximum absolute atomic E-state index is 14.1. The second-order valence-corrected chi connectivity index (χ2v) is 4.85. The van der Waals surface area contributed by atoms with Crippen molar-refractivity contribution in [2.75, 3.05) is 32.8 Å². The lowest BCUT2D eigenvalue weighted by Crippen LogP contribution is -2.51. The molecule has 0 bridgehead atoms. The lowest BCUT2D eigenvalue weighted by molar-refractivity contribution is -0.119. The molecule has 0 aliphatic carbocycles. The lowest BCUT2D eigenvalue weighted by atomic mass is 9.97. The van der Waals surface area contributed by atoms with Crippen LogP contribution in [0.15, 0.2) is 18.2 Å². The molecule has 1 aliphatic rings. The largest absolute Gasteiger partial charge is 0.508 e. The van der Waals surface area contributed by atoms with E-state index < -0.39 is 24.3 Å². The molecule has 5 nitrogen and oxygen atoms in total. The van der Waals surface area contributed by atoms with Gasteiger partial charge in [0, 0.05) is 37.8 Å². The molecule has 1 saturated heterocycles. The molecule has 2 rings (SSSR count). The molecule has 1 fully saturated rings. The Labute approximate surface area is 115 Å². The van der Waals surface area contributed by atoms with E-state index in [1.807, 2.05) is 0 Å². The molecule has 4 N–H and O–H groups in total. The second kappa shape index (κ2) is 5.90. The molecule has 0 aromatic heterocycles. The van der Waals surface area contributed by atoms with E-state index in [-0.39, 0.29) is 11.3 Å². The first-order valence-electron chi connectivity index (χ1n) is 6.41. The number of aliphatic hydroxyl groups is 1. The van der Waals surface area contributed by atoms with E-state index in [9.17, 15) is 19.0 Å². The Kier molecular flexibility index (Phi) is 4.42. The van der Waals surface area contributed by atoms with E-state index >= 15 is 0 Å². The molecular formula is C13H18F2N2O3. The van der Waals surface area contributed by atoms with Crippen LogP contribution in [0.3, 0.4) is 0 Å². The highest BCUT2D eigenvalue weighted by molar-refractivity contribution is 5.41. The zero-order valence-corrected chi connectivity index (χ0v) is 10.9. The van der Waals surface area contributed by atoms with Crippen molar-refractivity contribution >= 4 is 0 Å². The lowest BCUT2D eigenvalue weighted by Gasteiger charge is -2.38. The van der Waals surface area contributed by atoms with Gasteiger partial charge in [-0.3, -0.25) is 4.90 Å². The molecule has 7 heteroatoms. The summed E-state index contributed by atoms with van der Waals surface area (Å²) in [5.41, 5.74) is 0.00347. The molecule has 0 spiro atoms. The van der Waals surface area contributed by atoms with Crippen molar-refractivity contribution in [3.8, 4) is 11.5 Å². The van der Waals surface area contributed by atoms with Gasteiger partial charge in [0.15, 0.2) is 0 Å². The first kappa shape index (κ1) is 15.0. The third-order valence-corrected chi connectivity index (χ3v) is 3.44. The molecule has 1 aliphatic heterocycles. The number of nitrogens with one attached hydrogen (secondary N) is 1. The second-order valence-electron chi connectivity index (χ2n) is 4.85. The monoisotopic (exact) mass is 288 g/mol. The molecule has 0 radical (unpaired) electrons. The summed E-state index contributed by atoms with van der Waals surface area (Å²) < 4.78 is 28.2. The maximum Gasteiger partial charge on any atom is 0.290 e. The number of piperazine rings is 1. The van der Waals surface area contributed by atoms with E-state index in [0.717, 1.165) is 6.07 Å². The Morgan fingerprint density at radius 1 is 1.25 bits per heavy atom. The molecule has 1 aromatic carbocycles. The Bertz CT molecular complexity index is 465. The highest BCUT2D eigenvalue weighted by atomic mass is 19.3. The van der Waals surface area contributed by atoms with E-state index in [4.69, 9.17) is 5.11 Å². The summed E-state index contributed by atoms with van der Waals surface area (Å²) in [6.07, 6.45) is 0. The van der Waals surface area contributed by atoms with E-state index in [1.165, 1.54) is 17.0 Å². The van der Waals surface area contributed by atoms with Crippen LogP contribution in [0.25, 0.3) is 0 Å². The van der Waals surface area contributed by atoms with Gasteiger partial charge in [-0.1, -0.05) is 0 Å². The Morgan fingerprint density at radius 3 is 2.45 bits per heavy atom. The minimum absolute atomic E-state index is 0.00347. The number of halogens is 2. The van der Waals surface area contributed by atoms with E-state index in [2.05, 4.69) is 5.32 Å². The minimum Gasteiger partial charge on any atom is -0.508 e. The fourth-order valence-corrected chi connectivity index (χ4v) is 2.48. The van der Waals surface area contributed by atoms with Crippen molar-refractivity contribution in [3.63, 3.8) is 0 Å². The molecule has 20 heavy (non-hydrogen) atoms. The molecule has 1 atom stereocenters. The van der Waals surface area contributed by atoms with Crippen LogP contribution in [0.2, 0.25) is 0 Å². The summed E-state index contributed by atoms with van der Waals surface area (Å²) in [4.78, 5) is 1.53. The van der Waals surface area contributed by atoms with Gasteiger partial charge in [0.2, 0.25) is 0 Å². The van der Waals surface area contributed by atoms with Gasteiger partial charge in [-0.05, 0) is 12.1 Å². The Hall–Kier alpha value is -1.44. The number of aromatic hydroxyl groups is 2. The van der Waals surface area contributed by atoms with E-state index in [1.54, 1.807) is 0 Å². The maximum atomic E-state index is 14.1. The third-order valence-electron chi connectivity index (χ3n) is 3.44. The summed E-state index contributed by atoms with van der Waals surface area (Å²) in [5.74, 6) is -3.98. The van der Waals surface area contributed by atoms with Crippen LogP contribution >= 0.6 is 0 Å². The fraction of sp³-hybridized carbons (Fsp3) is 0.538. The summed E-state index contributed by atoms with van der Waals surface area (Å²) in [7, 11) is 0. The Morgan fingerprint density at radius 2 is 1.90 bits per heavy atom. The summed E-state index contributed by atoms with van der Waals surface area (Å²) >= 11 is 0. The fourth-order valence-electron chi connectivity index (χ4n) is 2.48. The van der Waals surface area contributed by atoms with Crippen LogP contribution in [0.4, 0.5) is 8.78 Å². The number of hydrogen-bond donors (Lipinski definition) is 4. The van der Waals surface area contributed by atoms with Gasteiger partial charge in [-0.2, -0.15) is 0 Å². The van der Waals surface area contributed by atoms with Crippen molar-refractivity contribution in [3.05, 3.63) is 23.8 Å². The first-order chi connectivity index (χ1) is 9.45. The van der Waals surface area contributed by atoms with Gasteiger partial charge >= 0.3 is 0 Å². The number of phenols is 2. The van der Waals surface area contributed by atoms with Gasteiger partial charge in [-0.25, -0.2) is 8.78 Å². The summed E-state index contributed by atoms with van der Waals surface area (Å²) in [6, 6.07) is 2.12. The predicted octanol–water partition coefficient (Wildman–Crippen LogP) is 0.672. The van der Waals surface area contributed by atoms with Crippen LogP contribution in [0.5, 0.6) is 11.5 Å². The standard InChI is InChI=1S/C13H18F2N2O3/c14-13(15,8-18)12(17-5-3-16-4-6-17)10-2-1-9(19)7-11(10)20/h1-2,7,12,16,18-20H,3-6,8H2/t12-/m1/s1. The van der Waals surface area contributed by atoms with Gasteiger partial charge in [0.05, 0.1) is 0 Å². The average Bonchev–Trinajstić information content (AvgIpc) is 2.43. The molecule has 0 unspecified atom stereocenters. The molecule has 1 aromatic rings. The molecule has 1 heterocycles. The number of aliphatic hydroxyl groups excluding tert-OH is 1. The topological polar surface area (TPSA) is 76.0 Å². The minimum atomic E-state index is -3.38. The molecule has 0 saturated carbocycles. The zero-order valence-electron chi connectivity index (χ0n) is 10.9. The van der Waals surface area contributed by atoms with Gasteiger partial charge in [0.1, 0.15) is 24.1 Å². The van der Waals surface area contributed by atoms with Crippen LogP contribution in [-0.4, -0.2) is 58.9 Å². The van der Waals surface area contributed by atoms with Crippen molar-refractivity contribution in [1.82, 2.24) is 10.2 Å². The predicted molar refractivity (Wildman–Crippen MR) is 69.0 cm³/mol. The number of alkyl halides is 2. The number of phenolic OH excluding ortho intramolecular Hbond substituents is 2. The highest BCUT2D eigenvalue weighted by Gasteiger charge is 2.45. The SMILES string of the molecule is OCC(F)(F)[C@@H](c1ccc(O)cc1O)N1CCNCC1. The third kappa shape index (κ3) is 3.00. The molecule has 112 valence electrons. The van der Waals surface area contributed by atoms with Crippen molar-refractivity contribution < 1.29 is 24.1 Å². The number of nitrogens with zero attached hydrogens (tertiary/aromatic N) is 1. The normalized spacial score (nSPS) is 18.9. The zero-order chi connectivity index (χ0) is 14.8. The molecule has 0 amide bonds.